The molecular weight excluding hydrogens is 418 g/mol. The van der Waals surface area contributed by atoms with Gasteiger partial charge in [0.2, 0.25) is 5.89 Å². The molecule has 0 saturated heterocycles. The Kier molecular flexibility index (Phi) is 6.49. The number of nitrogens with two attached hydrogens (primary N) is 1. The Labute approximate surface area is 183 Å². The minimum atomic E-state index is -0.713. The first-order chi connectivity index (χ1) is 14.6. The number of hydrogen-bond acceptors (Lipinski definition) is 8. The molecule has 3 aromatic rings. The second kappa shape index (κ2) is 8.93. The number of aromatic nitrogens is 4. The van der Waals surface area contributed by atoms with E-state index in [1.807, 2.05) is 45.9 Å². The summed E-state index contributed by atoms with van der Waals surface area (Å²) in [6, 6.07) is 5.80. The van der Waals surface area contributed by atoms with Gasteiger partial charge in [-0.15, -0.1) is 10.2 Å². The number of benzene rings is 1. The van der Waals surface area contributed by atoms with Crippen LogP contribution in [0.5, 0.6) is 0 Å². The van der Waals surface area contributed by atoms with E-state index in [0.717, 1.165) is 33.0 Å². The summed E-state index contributed by atoms with van der Waals surface area (Å²) >= 11 is 1.01. The molecule has 31 heavy (non-hydrogen) atoms. The van der Waals surface area contributed by atoms with Crippen molar-refractivity contribution in [2.45, 2.75) is 39.5 Å². The molecule has 0 atom stereocenters. The number of Topliss-reactive ketones (excluding diaryl/α,β-unsaturated/α-hetero) is 1. The molecule has 0 aliphatic heterocycles. The number of rotatable bonds is 7. The molecular formula is C21H25N5O4S. The van der Waals surface area contributed by atoms with Crippen LogP contribution in [-0.4, -0.2) is 30.9 Å². The third kappa shape index (κ3) is 4.63. The number of anilines is 1. The van der Waals surface area contributed by atoms with E-state index >= 15 is 0 Å². The molecule has 10 heteroatoms. The number of nitrogen functional groups attached to an aromatic ring is 1. The van der Waals surface area contributed by atoms with Crippen molar-refractivity contribution in [1.29, 1.82) is 0 Å². The molecule has 2 N–H and O–H groups in total. The van der Waals surface area contributed by atoms with Crippen LogP contribution in [0.2, 0.25) is 0 Å². The molecule has 0 amide bonds. The van der Waals surface area contributed by atoms with Gasteiger partial charge in [0.15, 0.2) is 5.78 Å². The maximum Gasteiger partial charge on any atom is 0.332 e. The van der Waals surface area contributed by atoms with E-state index in [9.17, 15) is 14.4 Å². The van der Waals surface area contributed by atoms with Crippen molar-refractivity contribution in [3.05, 3.63) is 55.7 Å². The van der Waals surface area contributed by atoms with Crippen molar-refractivity contribution >= 4 is 23.4 Å². The lowest BCUT2D eigenvalue weighted by Gasteiger charge is -2.15. The lowest BCUT2D eigenvalue weighted by molar-refractivity contribution is 0.102. The summed E-state index contributed by atoms with van der Waals surface area (Å²) < 4.78 is 7.81. The maximum atomic E-state index is 12.8. The molecule has 0 unspecified atom stereocenters. The Hall–Kier alpha value is -3.14. The van der Waals surface area contributed by atoms with Crippen molar-refractivity contribution in [2.75, 3.05) is 11.5 Å². The zero-order chi connectivity index (χ0) is 22.9. The van der Waals surface area contributed by atoms with Crippen molar-refractivity contribution in [2.24, 2.45) is 13.0 Å². The van der Waals surface area contributed by atoms with Gasteiger partial charge in [0.25, 0.3) is 10.8 Å². The van der Waals surface area contributed by atoms with Crippen molar-refractivity contribution in [3.8, 4) is 11.5 Å². The number of aryl methyl sites for hydroxylation is 2. The molecule has 3 rings (SSSR count). The second-order valence-electron chi connectivity index (χ2n) is 7.80. The Balaban J connectivity index is 1.82. The molecule has 164 valence electrons. The summed E-state index contributed by atoms with van der Waals surface area (Å²) in [5.74, 6) is -0.301. The van der Waals surface area contributed by atoms with Crippen LogP contribution < -0.4 is 17.0 Å². The van der Waals surface area contributed by atoms with E-state index in [-0.39, 0.29) is 28.3 Å². The highest BCUT2D eigenvalue weighted by molar-refractivity contribution is 7.99. The molecule has 9 nitrogen and oxygen atoms in total. The van der Waals surface area contributed by atoms with Crippen LogP contribution in [0.1, 0.15) is 35.3 Å². The third-order valence-electron chi connectivity index (χ3n) is 4.90. The first-order valence-electron chi connectivity index (χ1n) is 9.76. The van der Waals surface area contributed by atoms with E-state index in [1.54, 1.807) is 0 Å². The fourth-order valence-corrected chi connectivity index (χ4v) is 3.68. The van der Waals surface area contributed by atoms with Gasteiger partial charge in [-0.05, 0) is 43.0 Å². The van der Waals surface area contributed by atoms with Gasteiger partial charge in [-0.25, -0.2) is 4.79 Å². The summed E-state index contributed by atoms with van der Waals surface area (Å²) in [6.45, 7) is 8.14. The smallest absolute Gasteiger partial charge is 0.332 e. The zero-order valence-electron chi connectivity index (χ0n) is 18.1. The lowest BCUT2D eigenvalue weighted by Crippen LogP contribution is -2.43. The van der Waals surface area contributed by atoms with Crippen molar-refractivity contribution < 1.29 is 9.21 Å². The minimum Gasteiger partial charge on any atom is -0.411 e. The van der Waals surface area contributed by atoms with Crippen LogP contribution in [-0.2, 0) is 13.6 Å². The van der Waals surface area contributed by atoms with Crippen LogP contribution in [0.25, 0.3) is 11.5 Å². The Morgan fingerprint density at radius 3 is 2.55 bits per heavy atom. The highest BCUT2D eigenvalue weighted by atomic mass is 32.2. The van der Waals surface area contributed by atoms with E-state index in [4.69, 9.17) is 10.2 Å². The summed E-state index contributed by atoms with van der Waals surface area (Å²) in [6.07, 6.45) is 0. The van der Waals surface area contributed by atoms with Gasteiger partial charge in [-0.3, -0.25) is 18.7 Å². The Bertz CT molecular complexity index is 1260. The van der Waals surface area contributed by atoms with E-state index in [2.05, 4.69) is 10.2 Å². The fraction of sp³-hybridized carbons (Fsp3) is 0.381. The highest BCUT2D eigenvalue weighted by Gasteiger charge is 2.23. The largest absolute Gasteiger partial charge is 0.411 e. The van der Waals surface area contributed by atoms with Gasteiger partial charge in [0.1, 0.15) is 11.4 Å². The van der Waals surface area contributed by atoms with Crippen LogP contribution in [0.3, 0.4) is 0 Å². The van der Waals surface area contributed by atoms with E-state index in [1.165, 1.54) is 11.6 Å². The minimum absolute atomic E-state index is 0.108. The summed E-state index contributed by atoms with van der Waals surface area (Å²) in [4.78, 5) is 37.7. The molecule has 0 aliphatic carbocycles. The van der Waals surface area contributed by atoms with Crippen LogP contribution >= 0.6 is 11.8 Å². The second-order valence-corrected chi connectivity index (χ2v) is 8.72. The number of carbonyl (C=O) groups excluding carboxylic acids is 1. The first-order valence-corrected chi connectivity index (χ1v) is 10.7. The molecule has 0 saturated carbocycles. The SMILES string of the molecule is Cc1ccc(-c2nnc(SCC(=O)c3c(N)n(CC(C)C)c(=O)n(C)c3=O)o2)cc1C. The molecule has 0 spiro atoms. The molecule has 0 bridgehead atoms. The molecule has 0 fully saturated rings. The number of nitrogens with zero attached hydrogens (tertiary/aromatic N) is 4. The third-order valence-corrected chi connectivity index (χ3v) is 5.72. The molecule has 1 aromatic carbocycles. The first kappa shape index (κ1) is 22.5. The topological polar surface area (TPSA) is 126 Å². The van der Waals surface area contributed by atoms with Gasteiger partial charge < -0.3 is 10.2 Å². The quantitative estimate of drug-likeness (QED) is 0.436. The molecule has 0 aliphatic rings. The van der Waals surface area contributed by atoms with Gasteiger partial charge in [0, 0.05) is 19.2 Å². The van der Waals surface area contributed by atoms with Crippen LogP contribution in [0.4, 0.5) is 5.82 Å². The maximum absolute atomic E-state index is 12.8. The lowest BCUT2D eigenvalue weighted by atomic mass is 10.1. The fourth-order valence-electron chi connectivity index (χ4n) is 3.05. The molecule has 2 aromatic heterocycles. The van der Waals surface area contributed by atoms with Crippen LogP contribution in [0.15, 0.2) is 37.4 Å². The van der Waals surface area contributed by atoms with Gasteiger partial charge in [-0.1, -0.05) is 31.7 Å². The molecule has 0 radical (unpaired) electrons. The highest BCUT2D eigenvalue weighted by Crippen LogP contribution is 2.25. The zero-order valence-corrected chi connectivity index (χ0v) is 18.9. The summed E-state index contributed by atoms with van der Waals surface area (Å²) in [5.41, 5.74) is 7.62. The number of hydrogen-bond donors (Lipinski definition) is 1. The van der Waals surface area contributed by atoms with Gasteiger partial charge >= 0.3 is 5.69 Å². The predicted octanol–water partition coefficient (Wildman–Crippen LogP) is 2.43. The molecule has 2 heterocycles. The monoisotopic (exact) mass is 443 g/mol. The van der Waals surface area contributed by atoms with Crippen molar-refractivity contribution in [3.63, 3.8) is 0 Å². The average Bonchev–Trinajstić information content (AvgIpc) is 3.19. The van der Waals surface area contributed by atoms with Gasteiger partial charge in [-0.2, -0.15) is 0 Å². The standard InChI is InChI=1S/C21H25N5O4S/c1-11(2)9-26-17(22)16(19(28)25(5)21(26)29)15(27)10-31-20-24-23-18(30-20)14-7-6-12(3)13(4)8-14/h6-8,11H,9-10,22H2,1-5H3. The predicted molar refractivity (Wildman–Crippen MR) is 119 cm³/mol. The number of ketones is 1. The van der Waals surface area contributed by atoms with Gasteiger partial charge in [0.05, 0.1) is 5.75 Å². The Morgan fingerprint density at radius 1 is 1.19 bits per heavy atom. The Morgan fingerprint density at radius 2 is 1.90 bits per heavy atom. The van der Waals surface area contributed by atoms with Crippen LogP contribution in [0, 0.1) is 19.8 Å². The van der Waals surface area contributed by atoms with E-state index < -0.39 is 17.0 Å². The van der Waals surface area contributed by atoms with Crippen molar-refractivity contribution in [1.82, 2.24) is 19.3 Å². The average molecular weight is 444 g/mol. The summed E-state index contributed by atoms with van der Waals surface area (Å²) in [7, 11) is 1.33. The number of carbonyl (C=O) groups is 1. The normalized spacial score (nSPS) is 11.3. The van der Waals surface area contributed by atoms with E-state index in [0.29, 0.717) is 12.4 Å². The number of thioether (sulfide) groups is 1. The summed E-state index contributed by atoms with van der Waals surface area (Å²) in [5, 5.41) is 8.20.